The van der Waals surface area contributed by atoms with Gasteiger partial charge in [-0.25, -0.2) is 9.18 Å². The number of rotatable bonds is 4. The first-order chi connectivity index (χ1) is 9.63. The molecule has 0 spiro atoms. The minimum atomic E-state index is -0.546. The number of hydrogen-bond donors (Lipinski definition) is 1. The number of anilines is 1. The zero-order valence-corrected chi connectivity index (χ0v) is 10.9. The van der Waals surface area contributed by atoms with Crippen molar-refractivity contribution >= 4 is 11.7 Å². The highest BCUT2D eigenvalue weighted by molar-refractivity contribution is 5.96. The van der Waals surface area contributed by atoms with Crippen molar-refractivity contribution in [1.82, 2.24) is 0 Å². The molecule has 0 saturated carbocycles. The monoisotopic (exact) mass is 275 g/mol. The van der Waals surface area contributed by atoms with E-state index in [2.05, 4.69) is 4.74 Å². The number of halogens is 1. The number of hydrogen-bond acceptors (Lipinski definition) is 4. The van der Waals surface area contributed by atoms with Gasteiger partial charge in [-0.1, -0.05) is 24.3 Å². The first-order valence-electron chi connectivity index (χ1n) is 5.96. The van der Waals surface area contributed by atoms with Gasteiger partial charge in [0.1, 0.15) is 6.61 Å². The van der Waals surface area contributed by atoms with Gasteiger partial charge in [0, 0.05) is 11.3 Å². The number of benzene rings is 2. The summed E-state index contributed by atoms with van der Waals surface area (Å²) in [6.07, 6.45) is 0. The number of esters is 1. The van der Waals surface area contributed by atoms with E-state index in [4.69, 9.17) is 10.5 Å². The molecule has 0 fully saturated rings. The third kappa shape index (κ3) is 2.88. The zero-order chi connectivity index (χ0) is 14.5. The van der Waals surface area contributed by atoms with Crippen LogP contribution >= 0.6 is 0 Å². The quantitative estimate of drug-likeness (QED) is 0.688. The molecular weight excluding hydrogens is 261 g/mol. The summed E-state index contributed by atoms with van der Waals surface area (Å²) in [7, 11) is 1.27. The molecule has 20 heavy (non-hydrogen) atoms. The van der Waals surface area contributed by atoms with E-state index in [9.17, 15) is 9.18 Å². The lowest BCUT2D eigenvalue weighted by Crippen LogP contribution is -2.11. The predicted octanol–water partition coefficient (Wildman–Crippen LogP) is 2.77. The number of nitrogens with two attached hydrogens (primary N) is 1. The molecule has 0 saturated heterocycles. The fraction of sp³-hybridized carbons (Fsp3) is 0.133. The molecule has 2 aromatic carbocycles. The van der Waals surface area contributed by atoms with Crippen LogP contribution < -0.4 is 10.5 Å². The van der Waals surface area contributed by atoms with Crippen LogP contribution in [0.15, 0.2) is 42.5 Å². The van der Waals surface area contributed by atoms with Gasteiger partial charge in [0.05, 0.1) is 12.7 Å². The number of ether oxygens (including phenoxy) is 2. The Balaban J connectivity index is 2.24. The normalized spacial score (nSPS) is 10.1. The van der Waals surface area contributed by atoms with E-state index in [1.807, 2.05) is 0 Å². The molecule has 0 aliphatic heterocycles. The largest absolute Gasteiger partial charge is 0.486 e. The molecule has 0 amide bonds. The van der Waals surface area contributed by atoms with Crippen LogP contribution in [-0.2, 0) is 11.3 Å². The molecule has 0 heterocycles. The van der Waals surface area contributed by atoms with Gasteiger partial charge in [0.15, 0.2) is 11.6 Å². The summed E-state index contributed by atoms with van der Waals surface area (Å²) in [6, 6.07) is 11.0. The predicted molar refractivity (Wildman–Crippen MR) is 72.9 cm³/mol. The topological polar surface area (TPSA) is 61.5 Å². The minimum absolute atomic E-state index is 0.0242. The first kappa shape index (κ1) is 13.9. The summed E-state index contributed by atoms with van der Waals surface area (Å²) in [5.74, 6) is -0.892. The van der Waals surface area contributed by atoms with Gasteiger partial charge < -0.3 is 15.2 Å². The number of carbonyl (C=O) groups excluding carboxylic acids is 1. The van der Waals surface area contributed by atoms with Crippen LogP contribution in [0.1, 0.15) is 15.9 Å². The Morgan fingerprint density at radius 1 is 1.20 bits per heavy atom. The van der Waals surface area contributed by atoms with E-state index < -0.39 is 11.8 Å². The Labute approximate surface area is 115 Å². The second-order valence-electron chi connectivity index (χ2n) is 4.09. The van der Waals surface area contributed by atoms with Crippen molar-refractivity contribution in [2.24, 2.45) is 0 Å². The average molecular weight is 275 g/mol. The molecule has 2 aromatic rings. The second kappa shape index (κ2) is 6.06. The van der Waals surface area contributed by atoms with E-state index in [0.29, 0.717) is 11.3 Å². The van der Waals surface area contributed by atoms with Crippen molar-refractivity contribution < 1.29 is 18.7 Å². The van der Waals surface area contributed by atoms with Gasteiger partial charge in [0.2, 0.25) is 0 Å². The molecule has 0 unspecified atom stereocenters. The highest BCUT2D eigenvalue weighted by Gasteiger charge is 2.16. The summed E-state index contributed by atoms with van der Waals surface area (Å²) < 4.78 is 23.5. The molecule has 2 rings (SSSR count). The molecule has 0 bridgehead atoms. The molecule has 2 N–H and O–H groups in total. The fourth-order valence-corrected chi connectivity index (χ4v) is 1.81. The van der Waals surface area contributed by atoms with E-state index in [0.717, 1.165) is 0 Å². The van der Waals surface area contributed by atoms with E-state index in [1.165, 1.54) is 19.2 Å². The molecule has 4 nitrogen and oxygen atoms in total. The van der Waals surface area contributed by atoms with Crippen LogP contribution in [-0.4, -0.2) is 13.1 Å². The molecule has 5 heteroatoms. The Hall–Kier alpha value is -2.56. The number of methoxy groups -OCH3 is 1. The minimum Gasteiger partial charge on any atom is -0.486 e. The standard InChI is InChI=1S/C15H14FNO3/c1-19-15(18)14-10(5-4-7-12(14)17)9-20-13-8-3-2-6-11(13)16/h2-8H,9,17H2,1H3. The molecule has 104 valence electrons. The third-order valence-corrected chi connectivity index (χ3v) is 2.79. The van der Waals surface area contributed by atoms with Crippen molar-refractivity contribution in [3.63, 3.8) is 0 Å². The summed E-state index contributed by atoms with van der Waals surface area (Å²) in [5.41, 5.74) is 6.85. The lowest BCUT2D eigenvalue weighted by atomic mass is 10.1. The van der Waals surface area contributed by atoms with Gasteiger partial charge in [-0.2, -0.15) is 0 Å². The van der Waals surface area contributed by atoms with Crippen LogP contribution in [0.2, 0.25) is 0 Å². The van der Waals surface area contributed by atoms with Gasteiger partial charge in [-0.3, -0.25) is 0 Å². The molecule has 0 aliphatic carbocycles. The molecule has 0 aliphatic rings. The highest BCUT2D eigenvalue weighted by atomic mass is 19.1. The molecule has 0 radical (unpaired) electrons. The van der Waals surface area contributed by atoms with E-state index >= 15 is 0 Å². The maximum Gasteiger partial charge on any atom is 0.340 e. The van der Waals surface area contributed by atoms with Crippen LogP contribution in [0, 0.1) is 5.82 Å². The SMILES string of the molecule is COC(=O)c1c(N)cccc1COc1ccccc1F. The number of para-hydroxylation sites is 1. The lowest BCUT2D eigenvalue weighted by molar-refractivity contribution is 0.0599. The third-order valence-electron chi connectivity index (χ3n) is 2.79. The molecule has 0 aromatic heterocycles. The van der Waals surface area contributed by atoms with Crippen LogP contribution in [0.4, 0.5) is 10.1 Å². The zero-order valence-electron chi connectivity index (χ0n) is 10.9. The Bertz CT molecular complexity index is 628. The van der Waals surface area contributed by atoms with Crippen molar-refractivity contribution in [1.29, 1.82) is 0 Å². The summed E-state index contributed by atoms with van der Waals surface area (Å²) in [4.78, 5) is 11.7. The highest BCUT2D eigenvalue weighted by Crippen LogP contribution is 2.22. The maximum absolute atomic E-state index is 13.5. The fourth-order valence-electron chi connectivity index (χ4n) is 1.81. The van der Waals surface area contributed by atoms with Crippen molar-refractivity contribution in [2.75, 3.05) is 12.8 Å². The van der Waals surface area contributed by atoms with Gasteiger partial charge in [-0.05, 0) is 18.2 Å². The maximum atomic E-state index is 13.5. The van der Waals surface area contributed by atoms with Gasteiger partial charge >= 0.3 is 5.97 Å². The average Bonchev–Trinajstić information content (AvgIpc) is 2.46. The summed E-state index contributed by atoms with van der Waals surface area (Å²) >= 11 is 0. The first-order valence-corrected chi connectivity index (χ1v) is 5.96. The van der Waals surface area contributed by atoms with Gasteiger partial charge in [0.25, 0.3) is 0 Å². The van der Waals surface area contributed by atoms with Crippen LogP contribution in [0.5, 0.6) is 5.75 Å². The Morgan fingerprint density at radius 2 is 1.95 bits per heavy atom. The lowest BCUT2D eigenvalue weighted by Gasteiger charge is -2.12. The van der Waals surface area contributed by atoms with E-state index in [-0.39, 0.29) is 17.9 Å². The summed E-state index contributed by atoms with van der Waals surface area (Å²) in [5, 5.41) is 0. The van der Waals surface area contributed by atoms with Crippen LogP contribution in [0.25, 0.3) is 0 Å². The number of nitrogen functional groups attached to an aromatic ring is 1. The van der Waals surface area contributed by atoms with Gasteiger partial charge in [-0.15, -0.1) is 0 Å². The Kier molecular flexibility index (Phi) is 4.20. The van der Waals surface area contributed by atoms with Crippen molar-refractivity contribution in [3.8, 4) is 5.75 Å². The summed E-state index contributed by atoms with van der Waals surface area (Å²) in [6.45, 7) is 0.0242. The van der Waals surface area contributed by atoms with Crippen LogP contribution in [0.3, 0.4) is 0 Å². The Morgan fingerprint density at radius 3 is 2.65 bits per heavy atom. The smallest absolute Gasteiger partial charge is 0.340 e. The van der Waals surface area contributed by atoms with Crippen molar-refractivity contribution in [3.05, 3.63) is 59.4 Å². The van der Waals surface area contributed by atoms with Crippen molar-refractivity contribution in [2.45, 2.75) is 6.61 Å². The molecule has 0 atom stereocenters. The number of carbonyl (C=O) groups is 1. The second-order valence-corrected chi connectivity index (χ2v) is 4.09. The van der Waals surface area contributed by atoms with E-state index in [1.54, 1.807) is 30.3 Å². The molecular formula is C15H14FNO3.